The zero-order valence-electron chi connectivity index (χ0n) is 29.6. The summed E-state index contributed by atoms with van der Waals surface area (Å²) in [6, 6.07) is 39.8. The Morgan fingerprint density at radius 1 is 0.250 bits per heavy atom. The highest BCUT2D eigenvalue weighted by Crippen LogP contribution is 2.32. The first-order chi connectivity index (χ1) is 27.0. The lowest BCUT2D eigenvalue weighted by molar-refractivity contribution is 0.0744. The van der Waals surface area contributed by atoms with Crippen LogP contribution in [0.15, 0.2) is 146 Å². The van der Waals surface area contributed by atoms with Crippen LogP contribution in [0.2, 0.25) is 0 Å². The largest absolute Gasteiger partial charge is 0.380 e. The second-order valence-corrected chi connectivity index (χ2v) is 14.4. The van der Waals surface area contributed by atoms with Crippen molar-refractivity contribution in [1.29, 1.82) is 0 Å². The standard InChI is InChI=1S/C48H32O8/c49-41-33-9-1-25-17-34(10-2-26(25)18-33)42(50)44(52)36-12-4-30-22-38(14-6-29(30)20-36)46(54)48(56)40-16-8-31-23-39(15-7-32(31)24-40)47(55)45(53)37-13-5-27-19-35(43(41)51)11-3-28(27)21-37/h1-24,41,44-45,48-49,52-53,56H/t41-,44+,45+,48-. The average molecular weight is 737 g/mol. The van der Waals surface area contributed by atoms with Crippen LogP contribution in [-0.4, -0.2) is 43.6 Å². The molecule has 0 saturated heterocycles. The van der Waals surface area contributed by atoms with Gasteiger partial charge in [-0.1, -0.05) is 97.1 Å². The predicted octanol–water partition coefficient (Wildman–Crippen LogP) is 8.28. The van der Waals surface area contributed by atoms with Crippen molar-refractivity contribution in [3.63, 3.8) is 0 Å². The van der Waals surface area contributed by atoms with Gasteiger partial charge in [0, 0.05) is 22.3 Å². The summed E-state index contributed by atoms with van der Waals surface area (Å²) in [7, 11) is 0. The van der Waals surface area contributed by atoms with Crippen molar-refractivity contribution in [2.45, 2.75) is 24.4 Å². The molecule has 0 aliphatic heterocycles. The summed E-state index contributed by atoms with van der Waals surface area (Å²) >= 11 is 0. The number of carbonyl (C=O) groups excluding carboxylic acids is 4. The lowest BCUT2D eigenvalue weighted by Gasteiger charge is -2.15. The lowest BCUT2D eigenvalue weighted by Crippen LogP contribution is -2.14. The van der Waals surface area contributed by atoms with E-state index < -0.39 is 47.5 Å². The molecule has 23 rings (SSSR count). The van der Waals surface area contributed by atoms with Crippen molar-refractivity contribution < 1.29 is 39.6 Å². The van der Waals surface area contributed by atoms with Gasteiger partial charge in [0.15, 0.2) is 23.1 Å². The van der Waals surface area contributed by atoms with E-state index in [9.17, 15) is 39.6 Å². The first kappa shape index (κ1) is 35.0. The van der Waals surface area contributed by atoms with E-state index in [1.54, 1.807) is 146 Å². The normalized spacial score (nSPS) is 19.2. The summed E-state index contributed by atoms with van der Waals surface area (Å²) in [6.07, 6.45) is -5.86. The SMILES string of the molecule is O=C1c2ccc3cc(ccc3c2)[C@@H](O)C(=O)c2ccc3cc(ccc3c2)[C@H](O)C(=O)c2ccc3cc(ccc3c2)[C@@H](O)C(=O)c2ccc3cc(ccc3c2)[C@@H]1O. The number of ketones is 4. The smallest absolute Gasteiger partial charge is 0.195 e. The Labute approximate surface area is 319 Å². The molecule has 0 amide bonds. The van der Waals surface area contributed by atoms with Gasteiger partial charge in [0.2, 0.25) is 0 Å². The molecule has 8 heteroatoms. The Morgan fingerprint density at radius 3 is 0.643 bits per heavy atom. The quantitative estimate of drug-likeness (QED) is 0.122. The van der Waals surface area contributed by atoms with Crippen LogP contribution in [0.4, 0.5) is 0 Å². The van der Waals surface area contributed by atoms with E-state index in [0.29, 0.717) is 65.3 Å². The highest BCUT2D eigenvalue weighted by atomic mass is 16.3. The minimum absolute atomic E-state index is 0.278. The zero-order valence-corrected chi connectivity index (χ0v) is 29.6. The molecule has 4 atom stereocenters. The zero-order chi connectivity index (χ0) is 38.8. The van der Waals surface area contributed by atoms with Gasteiger partial charge in [0.25, 0.3) is 0 Å². The number of hydrogen-bond acceptors (Lipinski definition) is 8. The molecule has 0 aromatic heterocycles. The van der Waals surface area contributed by atoms with Gasteiger partial charge < -0.3 is 20.4 Å². The number of rotatable bonds is 0. The Kier molecular flexibility index (Phi) is 8.49. The van der Waals surface area contributed by atoms with Gasteiger partial charge in [-0.25, -0.2) is 0 Å². The predicted molar refractivity (Wildman–Crippen MR) is 213 cm³/mol. The molecule has 15 aliphatic rings. The molecule has 8 aromatic rings. The van der Waals surface area contributed by atoms with Gasteiger partial charge in [-0.15, -0.1) is 0 Å². The van der Waals surface area contributed by atoms with E-state index in [4.69, 9.17) is 0 Å². The number of aliphatic hydroxyl groups is 4. The number of Topliss-reactive ketones (excluding diaryl/α,β-unsaturated/α-hetero) is 4. The third kappa shape index (κ3) is 6.07. The Balaban J connectivity index is 1.12. The van der Waals surface area contributed by atoms with Gasteiger partial charge in [0.1, 0.15) is 24.4 Å². The van der Waals surface area contributed by atoms with Crippen LogP contribution >= 0.6 is 0 Å². The molecule has 0 heterocycles. The molecule has 8 aromatic carbocycles. The summed E-state index contributed by atoms with van der Waals surface area (Å²) in [5.74, 6) is -2.05. The molecule has 0 unspecified atom stereocenters. The van der Waals surface area contributed by atoms with Crippen LogP contribution in [0.25, 0.3) is 43.1 Å². The fraction of sp³-hybridized carbons (Fsp3) is 0.0833. The summed E-state index contributed by atoms with van der Waals surface area (Å²) in [5.41, 5.74) is 2.59. The van der Waals surface area contributed by atoms with Gasteiger partial charge >= 0.3 is 0 Å². The van der Waals surface area contributed by atoms with Crippen LogP contribution in [0.1, 0.15) is 88.1 Å². The van der Waals surface area contributed by atoms with Crippen molar-refractivity contribution in [3.8, 4) is 0 Å². The molecule has 0 radical (unpaired) electrons. The van der Waals surface area contributed by atoms with E-state index >= 15 is 0 Å². The topological polar surface area (TPSA) is 149 Å². The minimum atomic E-state index is -1.46. The van der Waals surface area contributed by atoms with Crippen molar-refractivity contribution in [3.05, 3.63) is 190 Å². The molecule has 56 heavy (non-hydrogen) atoms. The van der Waals surface area contributed by atoms with E-state index in [0.717, 1.165) is 0 Å². The highest BCUT2D eigenvalue weighted by molar-refractivity contribution is 6.07. The summed E-state index contributed by atoms with van der Waals surface area (Å²) < 4.78 is 0. The van der Waals surface area contributed by atoms with Crippen LogP contribution in [-0.2, 0) is 0 Å². The van der Waals surface area contributed by atoms with Crippen molar-refractivity contribution >= 4 is 66.2 Å². The molecular weight excluding hydrogens is 705 g/mol. The van der Waals surface area contributed by atoms with Gasteiger partial charge in [0.05, 0.1) is 0 Å². The fourth-order valence-electron chi connectivity index (χ4n) is 7.59. The molecule has 4 N–H and O–H groups in total. The van der Waals surface area contributed by atoms with Crippen molar-refractivity contribution in [1.82, 2.24) is 0 Å². The Hall–Kier alpha value is -6.68. The Morgan fingerprint density at radius 2 is 0.429 bits per heavy atom. The molecule has 272 valence electrons. The van der Waals surface area contributed by atoms with E-state index in [-0.39, 0.29) is 22.3 Å². The van der Waals surface area contributed by atoms with Gasteiger partial charge in [-0.2, -0.15) is 0 Å². The number of aliphatic hydroxyl groups excluding tert-OH is 4. The summed E-state index contributed by atoms with van der Waals surface area (Å²) in [5, 5.41) is 50.1. The molecular formula is C48H32O8. The van der Waals surface area contributed by atoms with E-state index in [1.165, 1.54) is 0 Å². The molecule has 15 aliphatic carbocycles. The molecule has 0 saturated carbocycles. The third-order valence-corrected chi connectivity index (χ3v) is 10.9. The summed E-state index contributed by atoms with van der Waals surface area (Å²) in [4.78, 5) is 54.0. The monoisotopic (exact) mass is 736 g/mol. The molecule has 0 fully saturated rings. The second-order valence-electron chi connectivity index (χ2n) is 14.4. The lowest BCUT2D eigenvalue weighted by atomic mass is 9.92. The second kappa shape index (κ2) is 13.6. The molecule has 8 nitrogen and oxygen atoms in total. The number of hydrogen-bond donors (Lipinski definition) is 4. The first-order valence-electron chi connectivity index (χ1n) is 18.1. The third-order valence-electron chi connectivity index (χ3n) is 10.9. The maximum atomic E-state index is 13.5. The van der Waals surface area contributed by atoms with Crippen LogP contribution in [0.5, 0.6) is 0 Å². The number of carbonyl (C=O) groups is 4. The minimum Gasteiger partial charge on any atom is -0.380 e. The summed E-state index contributed by atoms with van der Waals surface area (Å²) in [6.45, 7) is 0. The van der Waals surface area contributed by atoms with Gasteiger partial charge in [-0.3, -0.25) is 19.2 Å². The maximum Gasteiger partial charge on any atom is 0.195 e. The number of benzene rings is 8. The molecule has 16 bridgehead atoms. The van der Waals surface area contributed by atoms with Crippen LogP contribution in [0, 0.1) is 0 Å². The first-order valence-corrected chi connectivity index (χ1v) is 18.1. The van der Waals surface area contributed by atoms with E-state index in [2.05, 4.69) is 0 Å². The molecule has 0 spiro atoms. The van der Waals surface area contributed by atoms with Crippen LogP contribution in [0.3, 0.4) is 0 Å². The van der Waals surface area contributed by atoms with E-state index in [1.807, 2.05) is 0 Å². The van der Waals surface area contributed by atoms with Crippen molar-refractivity contribution in [2.75, 3.05) is 0 Å². The van der Waals surface area contributed by atoms with Crippen molar-refractivity contribution in [2.24, 2.45) is 0 Å². The van der Waals surface area contributed by atoms with Crippen LogP contribution < -0.4 is 0 Å². The maximum absolute atomic E-state index is 13.5. The van der Waals surface area contributed by atoms with Gasteiger partial charge in [-0.05, 0) is 114 Å². The average Bonchev–Trinajstić information content (AvgIpc) is 3.25. The Bertz CT molecular complexity index is 2580. The highest BCUT2D eigenvalue weighted by Gasteiger charge is 2.25. The fourth-order valence-corrected chi connectivity index (χ4v) is 7.59.